The summed E-state index contributed by atoms with van der Waals surface area (Å²) in [7, 11) is 0. The second-order valence-corrected chi connectivity index (χ2v) is 7.50. The predicted octanol–water partition coefficient (Wildman–Crippen LogP) is 1.59. The maximum atomic E-state index is 12.0. The highest BCUT2D eigenvalue weighted by Crippen LogP contribution is 2.35. The number of alkyl halides is 3. The minimum atomic E-state index is -4.47. The van der Waals surface area contributed by atoms with Gasteiger partial charge in [-0.1, -0.05) is 0 Å². The molecule has 0 aromatic carbocycles. The second kappa shape index (κ2) is 9.71. The van der Waals surface area contributed by atoms with E-state index in [1.54, 1.807) is 0 Å². The Morgan fingerprint density at radius 3 is 2.53 bits per heavy atom. The van der Waals surface area contributed by atoms with Crippen LogP contribution < -0.4 is 11.1 Å². The van der Waals surface area contributed by atoms with Gasteiger partial charge in [-0.3, -0.25) is 9.78 Å². The molecule has 32 heavy (non-hydrogen) atoms. The molecule has 1 amide bonds. The lowest BCUT2D eigenvalue weighted by Crippen LogP contribution is -2.48. The number of carbonyl (C=O) groups is 1. The van der Waals surface area contributed by atoms with Crippen molar-refractivity contribution in [1.29, 1.82) is 0 Å². The van der Waals surface area contributed by atoms with Crippen LogP contribution in [0, 0.1) is 0 Å². The number of nitrogen functional groups attached to an aromatic ring is 1. The second-order valence-electron chi connectivity index (χ2n) is 7.50. The van der Waals surface area contributed by atoms with E-state index < -0.39 is 17.7 Å². The van der Waals surface area contributed by atoms with Crippen molar-refractivity contribution in [2.45, 2.75) is 50.5 Å². The molecule has 0 saturated carbocycles. The van der Waals surface area contributed by atoms with Gasteiger partial charge in [0.2, 0.25) is 0 Å². The largest absolute Gasteiger partial charge is 0.434 e. The number of halogens is 3. The lowest BCUT2D eigenvalue weighted by atomic mass is 10.0. The van der Waals surface area contributed by atoms with Crippen molar-refractivity contribution in [1.82, 2.24) is 25.3 Å². The van der Waals surface area contributed by atoms with Crippen molar-refractivity contribution in [3.8, 4) is 0 Å². The molecule has 4 rings (SSSR count). The van der Waals surface area contributed by atoms with Crippen LogP contribution in [0.3, 0.4) is 0 Å². The third-order valence-corrected chi connectivity index (χ3v) is 4.55. The molecular formula is C19H23F3N6O4. The zero-order valence-corrected chi connectivity index (χ0v) is 17.4. The number of fused-ring (bicyclic) bond motifs is 1. The van der Waals surface area contributed by atoms with Crippen molar-refractivity contribution in [2.24, 2.45) is 0 Å². The molecule has 10 nitrogen and oxygen atoms in total. The van der Waals surface area contributed by atoms with Gasteiger partial charge >= 0.3 is 6.18 Å². The molecule has 3 unspecified atom stereocenters. The summed E-state index contributed by atoms with van der Waals surface area (Å²) in [6.07, 6.45) is 2.02. The van der Waals surface area contributed by atoms with Crippen molar-refractivity contribution >= 4 is 11.7 Å². The van der Waals surface area contributed by atoms with Gasteiger partial charge in [-0.15, -0.1) is 0 Å². The number of anilines is 1. The number of amides is 1. The van der Waals surface area contributed by atoms with Gasteiger partial charge < -0.3 is 25.3 Å². The van der Waals surface area contributed by atoms with Crippen LogP contribution in [0.5, 0.6) is 0 Å². The summed E-state index contributed by atoms with van der Waals surface area (Å²) < 4.78 is 52.9. The smallest absolute Gasteiger partial charge is 0.382 e. The fraction of sp³-hybridized carbons (Fsp3) is 0.526. The van der Waals surface area contributed by atoms with E-state index in [1.807, 2.05) is 13.8 Å². The van der Waals surface area contributed by atoms with E-state index in [1.165, 1.54) is 18.7 Å². The summed E-state index contributed by atoms with van der Waals surface area (Å²) in [6.45, 7) is 4.76. The molecule has 3 N–H and O–H groups in total. The van der Waals surface area contributed by atoms with E-state index in [4.69, 9.17) is 19.9 Å². The highest BCUT2D eigenvalue weighted by atomic mass is 19.4. The Labute approximate surface area is 181 Å². The quantitative estimate of drug-likeness (QED) is 0.706. The van der Waals surface area contributed by atoms with Gasteiger partial charge in [-0.05, 0) is 20.3 Å². The zero-order valence-electron chi connectivity index (χ0n) is 17.4. The number of hydrogen-bond acceptors (Lipinski definition) is 9. The van der Waals surface area contributed by atoms with Crippen molar-refractivity contribution in [3.05, 3.63) is 42.4 Å². The molecule has 0 aliphatic carbocycles. The van der Waals surface area contributed by atoms with Gasteiger partial charge in [0.1, 0.15) is 24.4 Å². The topological polar surface area (TPSA) is 134 Å². The van der Waals surface area contributed by atoms with E-state index in [0.29, 0.717) is 24.9 Å². The van der Waals surface area contributed by atoms with E-state index in [9.17, 15) is 18.0 Å². The average Bonchev–Trinajstić information content (AvgIpc) is 3.07. The zero-order chi connectivity index (χ0) is 23.4. The third-order valence-electron chi connectivity index (χ3n) is 4.55. The number of carbonyl (C=O) groups excluding carboxylic acids is 1. The van der Waals surface area contributed by atoms with E-state index in [0.717, 1.165) is 12.6 Å². The molecular weight excluding hydrogens is 433 g/mol. The molecule has 0 radical (unpaired) electrons. The molecule has 2 saturated heterocycles. The Bertz CT molecular complexity index is 915. The molecule has 0 bridgehead atoms. The fourth-order valence-corrected chi connectivity index (χ4v) is 3.24. The fourth-order valence-electron chi connectivity index (χ4n) is 3.24. The Morgan fingerprint density at radius 2 is 1.91 bits per heavy atom. The first-order chi connectivity index (χ1) is 15.0. The summed E-state index contributed by atoms with van der Waals surface area (Å²) in [5.41, 5.74) is 4.33. The molecule has 2 aromatic heterocycles. The summed E-state index contributed by atoms with van der Waals surface area (Å²) in [5.74, 6) is -1.06. The lowest BCUT2D eigenvalue weighted by Gasteiger charge is -2.31. The maximum Gasteiger partial charge on any atom is 0.434 e. The number of ether oxygens (including phenoxy) is 3. The van der Waals surface area contributed by atoms with E-state index in [2.05, 4.69) is 25.3 Å². The highest BCUT2D eigenvalue weighted by Gasteiger charge is 2.47. The Hall–Kier alpha value is -2.90. The van der Waals surface area contributed by atoms with Crippen molar-refractivity contribution in [2.75, 3.05) is 18.9 Å². The van der Waals surface area contributed by atoms with E-state index in [-0.39, 0.29) is 30.0 Å². The first-order valence-corrected chi connectivity index (χ1v) is 9.70. The summed E-state index contributed by atoms with van der Waals surface area (Å²) in [5, 5.41) is 2.83. The Balaban J connectivity index is 0.000000222. The molecule has 13 heteroatoms. The number of nitrogens with zero attached hydrogens (tertiary/aromatic N) is 4. The van der Waals surface area contributed by atoms with Crippen LogP contribution in [0.15, 0.2) is 31.1 Å². The first-order valence-electron chi connectivity index (χ1n) is 9.70. The van der Waals surface area contributed by atoms with Gasteiger partial charge in [-0.25, -0.2) is 15.0 Å². The standard InChI is InChI=1S/C14H19N3O4.C5H4F3N3/c1-14(2)20-10-3-4-19-11(12(10)21-14)7-17-13(18)9-5-15-8-16-6-9;6-5(7,8)3-1-10-2-4(9)11-3/h5-6,8,10-12H,3-4,7H2,1-2H3,(H,17,18);1-2H,(H2,9,11). The summed E-state index contributed by atoms with van der Waals surface area (Å²) in [6, 6.07) is 0. The average molecular weight is 456 g/mol. The normalized spacial score (nSPS) is 24.1. The number of nitrogens with one attached hydrogen (secondary N) is 1. The van der Waals surface area contributed by atoms with Gasteiger partial charge in [0.05, 0.1) is 24.1 Å². The third kappa shape index (κ3) is 6.31. The van der Waals surface area contributed by atoms with Gasteiger partial charge in [0.25, 0.3) is 5.91 Å². The Kier molecular flexibility index (Phi) is 7.21. The lowest BCUT2D eigenvalue weighted by molar-refractivity contribution is -0.153. The minimum Gasteiger partial charge on any atom is -0.382 e. The molecule has 3 atom stereocenters. The summed E-state index contributed by atoms with van der Waals surface area (Å²) >= 11 is 0. The van der Waals surface area contributed by atoms with Crippen LogP contribution in [0.1, 0.15) is 36.3 Å². The molecule has 2 aliphatic heterocycles. The molecule has 2 aromatic rings. The van der Waals surface area contributed by atoms with Crippen LogP contribution in [0.4, 0.5) is 19.0 Å². The molecule has 174 valence electrons. The van der Waals surface area contributed by atoms with E-state index >= 15 is 0 Å². The molecule has 0 spiro atoms. The van der Waals surface area contributed by atoms with Crippen LogP contribution >= 0.6 is 0 Å². The molecule has 2 aliphatic rings. The SMILES string of the molecule is CC1(C)OC2CCOC(CNC(=O)c3cncnc3)C2O1.Nc1cncc(C(F)(F)F)n1. The predicted molar refractivity (Wildman–Crippen MR) is 104 cm³/mol. The molecule has 4 heterocycles. The monoisotopic (exact) mass is 456 g/mol. The number of nitrogens with two attached hydrogens (primary N) is 1. The summed E-state index contributed by atoms with van der Waals surface area (Å²) in [4.78, 5) is 25.9. The highest BCUT2D eigenvalue weighted by molar-refractivity contribution is 5.93. The Morgan fingerprint density at radius 1 is 1.19 bits per heavy atom. The van der Waals surface area contributed by atoms with Crippen molar-refractivity contribution in [3.63, 3.8) is 0 Å². The minimum absolute atomic E-state index is 0.0238. The number of hydrogen-bond donors (Lipinski definition) is 2. The van der Waals surface area contributed by atoms with Crippen molar-refractivity contribution < 1.29 is 32.2 Å². The maximum absolute atomic E-state index is 12.0. The first kappa shape index (κ1) is 23.8. The van der Waals surface area contributed by atoms with Crippen LogP contribution in [-0.4, -0.2) is 63.1 Å². The van der Waals surface area contributed by atoms with Gasteiger partial charge in [0.15, 0.2) is 11.5 Å². The van der Waals surface area contributed by atoms with Gasteiger partial charge in [-0.2, -0.15) is 13.2 Å². The van der Waals surface area contributed by atoms with Crippen LogP contribution in [0.25, 0.3) is 0 Å². The number of rotatable bonds is 3. The van der Waals surface area contributed by atoms with Crippen LogP contribution in [-0.2, 0) is 20.4 Å². The molecule has 2 fully saturated rings. The van der Waals surface area contributed by atoms with Crippen LogP contribution in [0.2, 0.25) is 0 Å². The van der Waals surface area contributed by atoms with Gasteiger partial charge in [0, 0.05) is 25.5 Å². The number of aromatic nitrogens is 4.